The molecule has 0 atom stereocenters. The van der Waals surface area contributed by atoms with Crippen LogP contribution in [0.25, 0.3) is 6.08 Å². The number of rotatable bonds is 6. The van der Waals surface area contributed by atoms with Crippen molar-refractivity contribution in [2.24, 2.45) is 4.99 Å². The van der Waals surface area contributed by atoms with Crippen LogP contribution in [-0.4, -0.2) is 36.1 Å². The molecule has 1 saturated heterocycles. The van der Waals surface area contributed by atoms with Crippen molar-refractivity contribution in [3.63, 3.8) is 0 Å². The van der Waals surface area contributed by atoms with Crippen LogP contribution in [0.4, 0.5) is 5.69 Å². The molecule has 4 rings (SSSR count). The fourth-order valence-corrected chi connectivity index (χ4v) is 4.68. The predicted octanol–water partition coefficient (Wildman–Crippen LogP) is 6.70. The van der Waals surface area contributed by atoms with Gasteiger partial charge in [0.05, 0.1) is 23.3 Å². The van der Waals surface area contributed by atoms with Gasteiger partial charge < -0.3 is 9.47 Å². The van der Waals surface area contributed by atoms with Gasteiger partial charge in [0, 0.05) is 22.1 Å². The Morgan fingerprint density at radius 2 is 1.83 bits per heavy atom. The van der Waals surface area contributed by atoms with Gasteiger partial charge in [0.1, 0.15) is 12.4 Å². The number of nitrogens with zero attached hydrogens (tertiary/aromatic N) is 2. The van der Waals surface area contributed by atoms with E-state index in [4.69, 9.17) is 21.1 Å². The molecule has 1 aliphatic heterocycles. The summed E-state index contributed by atoms with van der Waals surface area (Å²) in [4.78, 5) is 31.1. The van der Waals surface area contributed by atoms with E-state index in [1.165, 1.54) is 23.8 Å². The highest BCUT2D eigenvalue weighted by Crippen LogP contribution is 2.35. The fraction of sp³-hybridized carbons (Fsp3) is 0.115. The number of hydrogen-bond acceptors (Lipinski definition) is 6. The second-order valence-electron chi connectivity index (χ2n) is 7.50. The molecule has 35 heavy (non-hydrogen) atoms. The lowest BCUT2D eigenvalue weighted by Crippen LogP contribution is -2.23. The van der Waals surface area contributed by atoms with Crippen LogP contribution in [0.15, 0.2) is 81.1 Å². The molecule has 1 aliphatic rings. The molecule has 0 N–H and O–H groups in total. The first-order valence-corrected chi connectivity index (χ1v) is 12.4. The second-order valence-corrected chi connectivity index (χ2v) is 9.87. The van der Waals surface area contributed by atoms with Gasteiger partial charge in [-0.3, -0.25) is 9.69 Å². The van der Waals surface area contributed by atoms with Crippen LogP contribution in [0, 0.1) is 0 Å². The summed E-state index contributed by atoms with van der Waals surface area (Å²) in [5.74, 6) is 0.0686. The molecule has 0 bridgehead atoms. The standard InChI is InChI=1S/C26H20BrClN2O4S/c1-30-24(31)23(35-26(30)29-21-10-5-17(6-11-21)25(32)33-2)14-18-13-19(27)7-12-22(18)34-15-16-3-8-20(28)9-4-16/h3-14H,15H2,1-2H3/b23-14+,29-26?. The minimum atomic E-state index is -0.417. The van der Waals surface area contributed by atoms with Crippen molar-refractivity contribution in [3.8, 4) is 5.75 Å². The Morgan fingerprint density at radius 3 is 2.51 bits per heavy atom. The van der Waals surface area contributed by atoms with E-state index in [1.54, 1.807) is 37.4 Å². The molecule has 0 saturated carbocycles. The monoisotopic (exact) mass is 570 g/mol. The number of carbonyl (C=O) groups is 2. The maximum atomic E-state index is 12.9. The number of aliphatic imine (C=N–C) groups is 1. The van der Waals surface area contributed by atoms with Crippen molar-refractivity contribution in [1.82, 2.24) is 4.90 Å². The number of thioether (sulfide) groups is 1. The van der Waals surface area contributed by atoms with Crippen molar-refractivity contribution in [1.29, 1.82) is 0 Å². The van der Waals surface area contributed by atoms with Crippen molar-refractivity contribution < 1.29 is 19.1 Å². The van der Waals surface area contributed by atoms with Crippen molar-refractivity contribution in [3.05, 3.63) is 97.8 Å². The number of ether oxygens (including phenoxy) is 2. The Kier molecular flexibility index (Phi) is 7.95. The molecule has 1 fully saturated rings. The molecule has 0 aromatic heterocycles. The Hall–Kier alpha value is -3.07. The first-order valence-electron chi connectivity index (χ1n) is 10.5. The molecule has 178 valence electrons. The van der Waals surface area contributed by atoms with Crippen molar-refractivity contribution in [2.75, 3.05) is 14.2 Å². The highest BCUT2D eigenvalue weighted by atomic mass is 79.9. The molecule has 1 amide bonds. The van der Waals surface area contributed by atoms with Gasteiger partial charge in [-0.1, -0.05) is 39.7 Å². The van der Waals surface area contributed by atoms with Crippen molar-refractivity contribution >= 4 is 68.1 Å². The Morgan fingerprint density at radius 1 is 1.11 bits per heavy atom. The predicted molar refractivity (Wildman–Crippen MR) is 143 cm³/mol. The Balaban J connectivity index is 1.56. The van der Waals surface area contributed by atoms with Crippen LogP contribution >= 0.6 is 39.3 Å². The minimum absolute atomic E-state index is 0.163. The summed E-state index contributed by atoms with van der Waals surface area (Å²) >= 11 is 10.7. The normalized spacial score (nSPS) is 15.7. The fourth-order valence-electron chi connectivity index (χ4n) is 3.20. The quantitative estimate of drug-likeness (QED) is 0.243. The van der Waals surface area contributed by atoms with E-state index in [0.717, 1.165) is 15.6 Å². The van der Waals surface area contributed by atoms with Crippen LogP contribution in [0.1, 0.15) is 21.5 Å². The topological polar surface area (TPSA) is 68.2 Å². The number of esters is 1. The minimum Gasteiger partial charge on any atom is -0.488 e. The van der Waals surface area contributed by atoms with Crippen molar-refractivity contribution in [2.45, 2.75) is 6.61 Å². The van der Waals surface area contributed by atoms with E-state index < -0.39 is 5.97 Å². The molecular formula is C26H20BrClN2O4S. The average molecular weight is 572 g/mol. The number of carbonyl (C=O) groups excluding carboxylic acids is 2. The number of amidine groups is 1. The van der Waals surface area contributed by atoms with E-state index in [2.05, 4.69) is 20.9 Å². The van der Waals surface area contributed by atoms with Gasteiger partial charge in [-0.2, -0.15) is 0 Å². The summed E-state index contributed by atoms with van der Waals surface area (Å²) in [6.45, 7) is 0.365. The molecule has 3 aromatic carbocycles. The summed E-state index contributed by atoms with van der Waals surface area (Å²) in [5.41, 5.74) is 2.80. The summed E-state index contributed by atoms with van der Waals surface area (Å²) in [6, 6.07) is 19.8. The number of halogens is 2. The zero-order chi connectivity index (χ0) is 24.9. The maximum absolute atomic E-state index is 12.9. The first-order chi connectivity index (χ1) is 16.8. The number of likely N-dealkylation sites (N-methyl/N-ethyl adjacent to an activating group) is 1. The molecule has 1 heterocycles. The molecule has 6 nitrogen and oxygen atoms in total. The smallest absolute Gasteiger partial charge is 0.337 e. The SMILES string of the molecule is COC(=O)c1ccc(N=C2S/C(=C/c3cc(Br)ccc3OCc3ccc(Cl)cc3)C(=O)N2C)cc1. The Labute approximate surface area is 220 Å². The average Bonchev–Trinajstić information content (AvgIpc) is 3.12. The summed E-state index contributed by atoms with van der Waals surface area (Å²) in [5, 5.41) is 1.20. The van der Waals surface area contributed by atoms with E-state index in [-0.39, 0.29) is 5.91 Å². The summed E-state index contributed by atoms with van der Waals surface area (Å²) in [7, 11) is 3.01. The van der Waals surface area contributed by atoms with Gasteiger partial charge in [-0.25, -0.2) is 9.79 Å². The van der Waals surface area contributed by atoms with Gasteiger partial charge in [-0.15, -0.1) is 0 Å². The Bertz CT molecular complexity index is 1320. The first kappa shape index (κ1) is 25.0. The van der Waals surface area contributed by atoms with E-state index in [1.807, 2.05) is 42.5 Å². The third-order valence-corrected chi connectivity index (χ3v) is 6.89. The third kappa shape index (κ3) is 6.14. The molecular weight excluding hydrogens is 552 g/mol. The summed E-state index contributed by atoms with van der Waals surface area (Å²) in [6.07, 6.45) is 1.80. The van der Waals surface area contributed by atoms with Gasteiger partial charge >= 0.3 is 5.97 Å². The summed E-state index contributed by atoms with van der Waals surface area (Å²) < 4.78 is 11.6. The number of hydrogen-bond donors (Lipinski definition) is 0. The number of benzene rings is 3. The molecule has 9 heteroatoms. The number of amides is 1. The van der Waals surface area contributed by atoms with Gasteiger partial charge in [0.25, 0.3) is 5.91 Å². The number of methoxy groups -OCH3 is 1. The van der Waals surface area contributed by atoms with E-state index >= 15 is 0 Å². The van der Waals surface area contributed by atoms with Crippen LogP contribution in [0.5, 0.6) is 5.75 Å². The molecule has 0 aliphatic carbocycles. The van der Waals surface area contributed by atoms with Crippen LogP contribution in [0.2, 0.25) is 5.02 Å². The highest BCUT2D eigenvalue weighted by Gasteiger charge is 2.30. The van der Waals surface area contributed by atoms with Crippen LogP contribution < -0.4 is 4.74 Å². The second kappa shape index (κ2) is 11.1. The lowest BCUT2D eigenvalue weighted by atomic mass is 10.1. The van der Waals surface area contributed by atoms with Crippen LogP contribution in [0.3, 0.4) is 0 Å². The van der Waals surface area contributed by atoms with Gasteiger partial charge in [-0.05, 0) is 78.0 Å². The lowest BCUT2D eigenvalue weighted by molar-refractivity contribution is -0.121. The van der Waals surface area contributed by atoms with E-state index in [9.17, 15) is 9.59 Å². The molecule has 0 spiro atoms. The van der Waals surface area contributed by atoms with Gasteiger partial charge in [0.15, 0.2) is 5.17 Å². The molecule has 3 aromatic rings. The highest BCUT2D eigenvalue weighted by molar-refractivity contribution is 9.10. The molecule has 0 unspecified atom stereocenters. The van der Waals surface area contributed by atoms with Crippen LogP contribution in [-0.2, 0) is 16.1 Å². The maximum Gasteiger partial charge on any atom is 0.337 e. The van der Waals surface area contributed by atoms with E-state index in [0.29, 0.717) is 38.7 Å². The third-order valence-electron chi connectivity index (χ3n) is 5.08. The molecule has 0 radical (unpaired) electrons. The van der Waals surface area contributed by atoms with Gasteiger partial charge in [0.2, 0.25) is 0 Å². The zero-order valence-electron chi connectivity index (χ0n) is 18.8. The lowest BCUT2D eigenvalue weighted by Gasteiger charge is -2.10. The zero-order valence-corrected chi connectivity index (χ0v) is 22.0. The largest absolute Gasteiger partial charge is 0.488 e.